The fourth-order valence-corrected chi connectivity index (χ4v) is 6.42. The number of benzene rings is 2. The van der Waals surface area contributed by atoms with Gasteiger partial charge in [0.1, 0.15) is 0 Å². The highest BCUT2D eigenvalue weighted by Crippen LogP contribution is 2.48. The van der Waals surface area contributed by atoms with Crippen molar-refractivity contribution in [2.75, 3.05) is 25.0 Å². The van der Waals surface area contributed by atoms with E-state index in [1.54, 1.807) is 18.8 Å². The van der Waals surface area contributed by atoms with Crippen LogP contribution in [0.15, 0.2) is 53.9 Å². The number of guanidine groups is 1. The van der Waals surface area contributed by atoms with Crippen molar-refractivity contribution in [1.29, 1.82) is 10.7 Å². The first kappa shape index (κ1) is 20.7. The molecular formula is C25H25N5OS. The molecule has 3 heterocycles. The number of nitrogens with one attached hydrogen (secondary N) is 2. The Morgan fingerprint density at radius 1 is 1.25 bits per heavy atom. The van der Waals surface area contributed by atoms with Crippen molar-refractivity contribution >= 4 is 34.9 Å². The fraction of sp³-hybridized carbons (Fsp3) is 0.320. The average Bonchev–Trinajstić information content (AvgIpc) is 3.45. The molecule has 2 N–H and O–H groups in total. The SMILES string of the molecule is Cc1ccc(N2CC3C(=O)N(C)C(=N)N[C@@]3(C3CC(c4cccc(C#N)c4)=CS3)C2)cc1. The number of allylic oxidation sites excluding steroid dienone is 1. The van der Waals surface area contributed by atoms with Gasteiger partial charge in [0, 0.05) is 31.1 Å². The van der Waals surface area contributed by atoms with Gasteiger partial charge in [-0.05, 0) is 54.2 Å². The molecule has 0 radical (unpaired) electrons. The van der Waals surface area contributed by atoms with Gasteiger partial charge in [-0.25, -0.2) is 0 Å². The van der Waals surface area contributed by atoms with Gasteiger partial charge in [-0.3, -0.25) is 15.1 Å². The zero-order valence-corrected chi connectivity index (χ0v) is 18.9. The third-order valence-electron chi connectivity index (χ3n) is 6.91. The van der Waals surface area contributed by atoms with E-state index >= 15 is 0 Å². The number of rotatable bonds is 3. The summed E-state index contributed by atoms with van der Waals surface area (Å²) in [6.07, 6.45) is 0.787. The summed E-state index contributed by atoms with van der Waals surface area (Å²) in [5, 5.41) is 23.4. The summed E-state index contributed by atoms with van der Waals surface area (Å²) >= 11 is 1.74. The van der Waals surface area contributed by atoms with Crippen molar-refractivity contribution in [2.24, 2.45) is 5.92 Å². The first-order valence-corrected chi connectivity index (χ1v) is 11.7. The molecule has 3 atom stereocenters. The molecule has 0 aromatic heterocycles. The molecule has 0 spiro atoms. The summed E-state index contributed by atoms with van der Waals surface area (Å²) in [7, 11) is 1.68. The van der Waals surface area contributed by atoms with E-state index in [-0.39, 0.29) is 23.0 Å². The number of aryl methyl sites for hydroxylation is 1. The van der Waals surface area contributed by atoms with E-state index in [9.17, 15) is 10.1 Å². The summed E-state index contributed by atoms with van der Waals surface area (Å²) in [5.41, 5.74) is 4.66. The molecule has 5 rings (SSSR count). The third-order valence-corrected chi connectivity index (χ3v) is 8.24. The molecule has 0 saturated carbocycles. The summed E-state index contributed by atoms with van der Waals surface area (Å²) < 4.78 is 0. The molecule has 2 saturated heterocycles. The van der Waals surface area contributed by atoms with Crippen molar-refractivity contribution in [1.82, 2.24) is 10.2 Å². The van der Waals surface area contributed by atoms with E-state index in [0.29, 0.717) is 18.7 Å². The molecule has 3 aliphatic rings. The first-order valence-electron chi connectivity index (χ1n) is 10.7. The molecule has 2 aromatic carbocycles. The van der Waals surface area contributed by atoms with Gasteiger partial charge in [0.15, 0.2) is 5.96 Å². The summed E-state index contributed by atoms with van der Waals surface area (Å²) in [6, 6.07) is 18.3. The van der Waals surface area contributed by atoms with Gasteiger partial charge in [0.05, 0.1) is 23.1 Å². The minimum atomic E-state index is -0.526. The highest BCUT2D eigenvalue weighted by molar-refractivity contribution is 8.03. The number of thioether (sulfide) groups is 1. The van der Waals surface area contributed by atoms with Gasteiger partial charge in [0.2, 0.25) is 5.91 Å². The molecule has 162 valence electrons. The van der Waals surface area contributed by atoms with E-state index in [2.05, 4.69) is 52.9 Å². The van der Waals surface area contributed by atoms with Crippen molar-refractivity contribution in [2.45, 2.75) is 24.1 Å². The Bertz CT molecular complexity index is 1170. The second-order valence-corrected chi connectivity index (χ2v) is 9.92. The number of fused-ring (bicyclic) bond motifs is 1. The van der Waals surface area contributed by atoms with Gasteiger partial charge in [-0.1, -0.05) is 29.8 Å². The lowest BCUT2D eigenvalue weighted by molar-refractivity contribution is -0.133. The lowest BCUT2D eigenvalue weighted by atomic mass is 9.78. The van der Waals surface area contributed by atoms with Crippen LogP contribution in [0.3, 0.4) is 0 Å². The Hall–Kier alpha value is -3.24. The number of carbonyl (C=O) groups is 1. The van der Waals surface area contributed by atoms with Crippen LogP contribution in [0.1, 0.15) is 23.1 Å². The normalized spacial score (nSPS) is 27.1. The van der Waals surface area contributed by atoms with Crippen LogP contribution in [-0.2, 0) is 4.79 Å². The second kappa shape index (κ2) is 7.72. The van der Waals surface area contributed by atoms with Crippen LogP contribution in [0.4, 0.5) is 5.69 Å². The summed E-state index contributed by atoms with van der Waals surface area (Å²) in [5.74, 6) is -0.0694. The van der Waals surface area contributed by atoms with E-state index in [4.69, 9.17) is 5.41 Å². The highest BCUT2D eigenvalue weighted by Gasteiger charge is 2.59. The molecule has 1 amide bonds. The highest BCUT2D eigenvalue weighted by atomic mass is 32.2. The fourth-order valence-electron chi connectivity index (χ4n) is 5.04. The maximum atomic E-state index is 13.3. The van der Waals surface area contributed by atoms with E-state index in [1.807, 2.05) is 24.3 Å². The Morgan fingerprint density at radius 3 is 2.78 bits per heavy atom. The number of nitriles is 1. The molecule has 0 bridgehead atoms. The Kier molecular flexibility index (Phi) is 4.98. The van der Waals surface area contributed by atoms with Gasteiger partial charge < -0.3 is 10.2 Å². The molecule has 2 fully saturated rings. The maximum Gasteiger partial charge on any atom is 0.236 e. The van der Waals surface area contributed by atoms with Gasteiger partial charge in [0.25, 0.3) is 0 Å². The van der Waals surface area contributed by atoms with Crippen molar-refractivity contribution in [3.8, 4) is 6.07 Å². The quantitative estimate of drug-likeness (QED) is 0.758. The predicted molar refractivity (Wildman–Crippen MR) is 128 cm³/mol. The maximum absolute atomic E-state index is 13.3. The topological polar surface area (TPSA) is 83.2 Å². The van der Waals surface area contributed by atoms with Gasteiger partial charge in [-0.15, -0.1) is 11.8 Å². The minimum Gasteiger partial charge on any atom is -0.368 e. The largest absolute Gasteiger partial charge is 0.368 e. The second-order valence-electron chi connectivity index (χ2n) is 8.84. The number of amides is 1. The van der Waals surface area contributed by atoms with Gasteiger partial charge >= 0.3 is 0 Å². The molecule has 3 aliphatic heterocycles. The lowest BCUT2D eigenvalue weighted by Gasteiger charge is -2.46. The van der Waals surface area contributed by atoms with E-state index < -0.39 is 5.54 Å². The van der Waals surface area contributed by atoms with Crippen LogP contribution >= 0.6 is 11.8 Å². The van der Waals surface area contributed by atoms with Crippen LogP contribution in [0, 0.1) is 29.6 Å². The number of carbonyl (C=O) groups excluding carboxylic acids is 1. The average molecular weight is 444 g/mol. The number of nitrogens with zero attached hydrogens (tertiary/aromatic N) is 3. The monoisotopic (exact) mass is 443 g/mol. The van der Waals surface area contributed by atoms with Crippen molar-refractivity contribution in [3.63, 3.8) is 0 Å². The molecule has 6 nitrogen and oxygen atoms in total. The summed E-state index contributed by atoms with van der Waals surface area (Å²) in [6.45, 7) is 3.36. The zero-order valence-electron chi connectivity index (χ0n) is 18.1. The third kappa shape index (κ3) is 3.26. The zero-order chi connectivity index (χ0) is 22.5. The van der Waals surface area contributed by atoms with E-state index in [1.165, 1.54) is 16.0 Å². The smallest absolute Gasteiger partial charge is 0.236 e. The van der Waals surface area contributed by atoms with Crippen molar-refractivity contribution < 1.29 is 4.79 Å². The molecular weight excluding hydrogens is 418 g/mol. The van der Waals surface area contributed by atoms with Crippen LogP contribution in [-0.4, -0.2) is 47.7 Å². The molecule has 0 aliphatic carbocycles. The number of hydrogen-bond donors (Lipinski definition) is 2. The number of hydrogen-bond acceptors (Lipinski definition) is 5. The molecule has 7 heteroatoms. The molecule has 32 heavy (non-hydrogen) atoms. The van der Waals surface area contributed by atoms with Crippen LogP contribution in [0.25, 0.3) is 5.57 Å². The predicted octanol–water partition coefficient (Wildman–Crippen LogP) is 3.58. The van der Waals surface area contributed by atoms with Crippen molar-refractivity contribution in [3.05, 3.63) is 70.6 Å². The van der Waals surface area contributed by atoms with E-state index in [0.717, 1.165) is 17.7 Å². The summed E-state index contributed by atoms with van der Waals surface area (Å²) in [4.78, 5) is 17.0. The first-order chi connectivity index (χ1) is 15.4. The van der Waals surface area contributed by atoms with Crippen LogP contribution in [0.2, 0.25) is 0 Å². The van der Waals surface area contributed by atoms with Gasteiger partial charge in [-0.2, -0.15) is 5.26 Å². The van der Waals surface area contributed by atoms with Crippen LogP contribution < -0.4 is 10.2 Å². The Labute approximate surface area is 192 Å². The number of anilines is 1. The molecule has 2 aromatic rings. The minimum absolute atomic E-state index is 0.00360. The Balaban J connectivity index is 1.47. The van der Waals surface area contributed by atoms with Crippen LogP contribution in [0.5, 0.6) is 0 Å². The molecule has 2 unspecified atom stereocenters. The lowest BCUT2D eigenvalue weighted by Crippen LogP contribution is -2.70. The standard InChI is InChI=1S/C25H25N5OS/c1-16-6-8-20(9-7-16)30-13-21-23(31)29(2)24(27)28-25(21,15-30)22-11-19(14-32-22)18-5-3-4-17(10-18)12-26/h3-10,14,21-22H,11,13,15H2,1-2H3,(H2,27,28)/t21?,22?,25-/m0/s1. The Morgan fingerprint density at radius 2 is 2.03 bits per heavy atom.